The summed E-state index contributed by atoms with van der Waals surface area (Å²) in [5.74, 6) is 0.722. The molecule has 0 atom stereocenters. The minimum absolute atomic E-state index is 0.133. The fourth-order valence-electron chi connectivity index (χ4n) is 3.61. The zero-order valence-electron chi connectivity index (χ0n) is 17.8. The number of aromatic amines is 1. The van der Waals surface area contributed by atoms with Crippen LogP contribution in [0.3, 0.4) is 0 Å². The van der Waals surface area contributed by atoms with E-state index in [1.54, 1.807) is 20.3 Å². The molecule has 2 aromatic carbocycles. The molecule has 0 fully saturated rings. The number of H-pyrrole nitrogens is 1. The lowest BCUT2D eigenvalue weighted by molar-refractivity contribution is -0.121. The van der Waals surface area contributed by atoms with Gasteiger partial charge in [0.2, 0.25) is 5.91 Å². The van der Waals surface area contributed by atoms with Gasteiger partial charge in [-0.3, -0.25) is 14.2 Å². The third kappa shape index (κ3) is 4.27. The second-order valence-corrected chi connectivity index (χ2v) is 7.32. The molecule has 2 heterocycles. The summed E-state index contributed by atoms with van der Waals surface area (Å²) in [6, 6.07) is 9.85. The lowest BCUT2D eigenvalue weighted by Gasteiger charge is -2.10. The number of nitrogens with zero attached hydrogens (tertiary/aromatic N) is 2. The van der Waals surface area contributed by atoms with Crippen LogP contribution in [0.15, 0.2) is 47.5 Å². The van der Waals surface area contributed by atoms with E-state index in [0.29, 0.717) is 46.4 Å². The fraction of sp³-hybridized carbons (Fsp3) is 0.261. The highest BCUT2D eigenvalue weighted by Crippen LogP contribution is 2.27. The Hall–Kier alpha value is -3.88. The van der Waals surface area contributed by atoms with Gasteiger partial charge in [0.05, 0.1) is 20.5 Å². The number of amides is 1. The molecule has 9 heteroatoms. The van der Waals surface area contributed by atoms with Crippen molar-refractivity contribution in [1.29, 1.82) is 0 Å². The van der Waals surface area contributed by atoms with Crippen molar-refractivity contribution < 1.29 is 18.7 Å². The van der Waals surface area contributed by atoms with Gasteiger partial charge < -0.3 is 19.8 Å². The van der Waals surface area contributed by atoms with Gasteiger partial charge >= 0.3 is 0 Å². The highest BCUT2D eigenvalue weighted by molar-refractivity contribution is 6.04. The van der Waals surface area contributed by atoms with E-state index in [-0.39, 0.29) is 24.4 Å². The zero-order chi connectivity index (χ0) is 22.7. The van der Waals surface area contributed by atoms with E-state index >= 15 is 0 Å². The number of aromatic nitrogens is 3. The van der Waals surface area contributed by atoms with Gasteiger partial charge in [0, 0.05) is 30.4 Å². The Morgan fingerprint density at radius 1 is 1.16 bits per heavy atom. The quantitative estimate of drug-likeness (QED) is 0.441. The average molecular weight is 438 g/mol. The Kier molecular flexibility index (Phi) is 6.07. The molecule has 1 amide bonds. The first kappa shape index (κ1) is 21.4. The smallest absolute Gasteiger partial charge is 0.277 e. The minimum Gasteiger partial charge on any atom is -0.493 e. The summed E-state index contributed by atoms with van der Waals surface area (Å²) in [4.78, 5) is 32.3. The standard InChI is InChI=1S/C23H23FN4O4/c1-31-18-6-3-14(11-19(18)32-2)7-9-25-20(29)8-10-28-13-26-21-16-12-15(24)4-5-17(16)27-22(21)23(28)30/h3-6,11-13,27H,7-10H2,1-2H3,(H,25,29). The van der Waals surface area contributed by atoms with E-state index in [1.165, 1.54) is 23.0 Å². The fourth-order valence-corrected chi connectivity index (χ4v) is 3.61. The third-order valence-corrected chi connectivity index (χ3v) is 5.30. The van der Waals surface area contributed by atoms with Crippen molar-refractivity contribution in [3.63, 3.8) is 0 Å². The highest BCUT2D eigenvalue weighted by atomic mass is 19.1. The number of fused-ring (bicyclic) bond motifs is 3. The molecule has 2 aromatic heterocycles. The van der Waals surface area contributed by atoms with Gasteiger partial charge in [-0.1, -0.05) is 6.07 Å². The second-order valence-electron chi connectivity index (χ2n) is 7.32. The maximum atomic E-state index is 13.5. The van der Waals surface area contributed by atoms with Crippen molar-refractivity contribution in [2.45, 2.75) is 19.4 Å². The van der Waals surface area contributed by atoms with Crippen molar-refractivity contribution in [3.8, 4) is 11.5 Å². The van der Waals surface area contributed by atoms with Crippen molar-refractivity contribution >= 4 is 27.8 Å². The number of hydrogen-bond acceptors (Lipinski definition) is 5. The third-order valence-electron chi connectivity index (χ3n) is 5.30. The number of aryl methyl sites for hydroxylation is 1. The van der Waals surface area contributed by atoms with Crippen LogP contribution >= 0.6 is 0 Å². The number of methoxy groups -OCH3 is 2. The van der Waals surface area contributed by atoms with E-state index in [9.17, 15) is 14.0 Å². The zero-order valence-corrected chi connectivity index (χ0v) is 17.8. The van der Waals surface area contributed by atoms with Gasteiger partial charge in [0.1, 0.15) is 16.9 Å². The number of hydrogen-bond donors (Lipinski definition) is 2. The van der Waals surface area contributed by atoms with Crippen LogP contribution in [0.4, 0.5) is 4.39 Å². The van der Waals surface area contributed by atoms with Gasteiger partial charge in [-0.15, -0.1) is 0 Å². The lowest BCUT2D eigenvalue weighted by Crippen LogP contribution is -2.29. The van der Waals surface area contributed by atoms with Gasteiger partial charge in [0.25, 0.3) is 5.56 Å². The van der Waals surface area contributed by atoms with Crippen molar-refractivity contribution in [2.24, 2.45) is 0 Å². The molecule has 0 radical (unpaired) electrons. The summed E-state index contributed by atoms with van der Waals surface area (Å²) in [6.45, 7) is 0.641. The van der Waals surface area contributed by atoms with Gasteiger partial charge in [-0.25, -0.2) is 9.37 Å². The monoisotopic (exact) mass is 438 g/mol. The van der Waals surface area contributed by atoms with Crippen LogP contribution in [0.2, 0.25) is 0 Å². The molecule has 4 rings (SSSR count). The normalized spacial score (nSPS) is 11.1. The largest absolute Gasteiger partial charge is 0.493 e. The second kappa shape index (κ2) is 9.09. The predicted octanol–water partition coefficient (Wildman–Crippen LogP) is 2.78. The van der Waals surface area contributed by atoms with Gasteiger partial charge in [-0.05, 0) is 42.3 Å². The van der Waals surface area contributed by atoms with Gasteiger partial charge in [0.15, 0.2) is 11.5 Å². The first-order chi connectivity index (χ1) is 15.5. The molecule has 0 aliphatic carbocycles. The minimum atomic E-state index is -0.394. The molecule has 0 unspecified atom stereocenters. The van der Waals surface area contributed by atoms with E-state index in [2.05, 4.69) is 15.3 Å². The van der Waals surface area contributed by atoms with Crippen LogP contribution in [-0.4, -0.2) is 41.2 Å². The lowest BCUT2D eigenvalue weighted by atomic mass is 10.1. The summed E-state index contributed by atoms with van der Waals surface area (Å²) in [7, 11) is 3.15. The summed E-state index contributed by atoms with van der Waals surface area (Å²) in [5.41, 5.74) is 2.05. The number of carbonyl (C=O) groups is 1. The molecule has 0 saturated carbocycles. The number of halogens is 1. The molecule has 4 aromatic rings. The molecule has 0 saturated heterocycles. The average Bonchev–Trinajstić information content (AvgIpc) is 3.17. The maximum absolute atomic E-state index is 13.5. The number of nitrogens with one attached hydrogen (secondary N) is 2. The summed E-state index contributed by atoms with van der Waals surface area (Å²) in [6.07, 6.45) is 2.15. The molecule has 0 aliphatic heterocycles. The summed E-state index contributed by atoms with van der Waals surface area (Å²) in [5, 5.41) is 3.41. The Labute approximate surface area is 183 Å². The highest BCUT2D eigenvalue weighted by Gasteiger charge is 2.12. The summed E-state index contributed by atoms with van der Waals surface area (Å²) < 4.78 is 25.4. The van der Waals surface area contributed by atoms with Crippen LogP contribution in [-0.2, 0) is 17.8 Å². The van der Waals surface area contributed by atoms with Gasteiger partial charge in [-0.2, -0.15) is 0 Å². The van der Waals surface area contributed by atoms with Crippen LogP contribution in [0, 0.1) is 5.82 Å². The molecule has 0 spiro atoms. The van der Waals surface area contributed by atoms with E-state index in [0.717, 1.165) is 5.56 Å². The molecular formula is C23H23FN4O4. The number of ether oxygens (including phenoxy) is 2. The first-order valence-corrected chi connectivity index (χ1v) is 10.1. The SMILES string of the molecule is COc1ccc(CCNC(=O)CCn2cnc3c([nH]c4ccc(F)cc43)c2=O)cc1OC. The molecule has 2 N–H and O–H groups in total. The van der Waals surface area contributed by atoms with Crippen LogP contribution in [0.1, 0.15) is 12.0 Å². The number of rotatable bonds is 8. The van der Waals surface area contributed by atoms with Crippen LogP contribution in [0.5, 0.6) is 11.5 Å². The summed E-state index contributed by atoms with van der Waals surface area (Å²) >= 11 is 0. The predicted molar refractivity (Wildman–Crippen MR) is 119 cm³/mol. The first-order valence-electron chi connectivity index (χ1n) is 10.1. The van der Waals surface area contributed by atoms with Crippen LogP contribution < -0.4 is 20.3 Å². The topological polar surface area (TPSA) is 98.2 Å². The van der Waals surface area contributed by atoms with E-state index in [4.69, 9.17) is 9.47 Å². The van der Waals surface area contributed by atoms with Crippen molar-refractivity contribution in [3.05, 3.63) is 64.5 Å². The van der Waals surface area contributed by atoms with Crippen LogP contribution in [0.25, 0.3) is 21.9 Å². The molecule has 0 aliphatic rings. The number of carbonyl (C=O) groups excluding carboxylic acids is 1. The maximum Gasteiger partial charge on any atom is 0.277 e. The van der Waals surface area contributed by atoms with Crippen molar-refractivity contribution in [2.75, 3.05) is 20.8 Å². The molecular weight excluding hydrogens is 415 g/mol. The number of benzene rings is 2. The molecule has 0 bridgehead atoms. The molecule has 8 nitrogen and oxygen atoms in total. The van der Waals surface area contributed by atoms with Crippen molar-refractivity contribution in [1.82, 2.24) is 19.9 Å². The Balaban J connectivity index is 1.36. The molecule has 32 heavy (non-hydrogen) atoms. The van der Waals surface area contributed by atoms with E-state index < -0.39 is 5.82 Å². The Morgan fingerprint density at radius 3 is 2.75 bits per heavy atom. The van der Waals surface area contributed by atoms with E-state index in [1.807, 2.05) is 18.2 Å². The Bertz CT molecular complexity index is 1350. The Morgan fingerprint density at radius 2 is 1.97 bits per heavy atom. The molecule has 166 valence electrons.